The van der Waals surface area contributed by atoms with Crippen LogP contribution in [0.5, 0.6) is 0 Å². The monoisotopic (exact) mass is 318 g/mol. The number of benzene rings is 1. The van der Waals surface area contributed by atoms with E-state index in [1.54, 1.807) is 48.8 Å². The molecule has 0 atom stereocenters. The van der Waals surface area contributed by atoms with Crippen LogP contribution in [0.15, 0.2) is 53.7 Å². The van der Waals surface area contributed by atoms with Crippen LogP contribution in [0.1, 0.15) is 10.4 Å². The van der Waals surface area contributed by atoms with Crippen LogP contribution in [0.25, 0.3) is 10.7 Å². The number of hydrogen-bond acceptors (Lipinski definition) is 4. The third-order valence-electron chi connectivity index (χ3n) is 3.13. The number of thiazole rings is 1. The first-order valence-corrected chi connectivity index (χ1v) is 8.66. The first kappa shape index (κ1) is 14.0. The summed E-state index contributed by atoms with van der Waals surface area (Å²) in [4.78, 5) is 5.60. The Balaban J connectivity index is 2.13. The quantitative estimate of drug-likeness (QED) is 0.743. The van der Waals surface area contributed by atoms with Crippen molar-refractivity contribution >= 4 is 21.4 Å². The predicted molar refractivity (Wildman–Crippen MR) is 84.0 cm³/mol. The number of hydrogen-bond donors (Lipinski definition) is 0. The molecule has 0 aliphatic heterocycles. The highest BCUT2D eigenvalue weighted by Crippen LogP contribution is 2.28. The van der Waals surface area contributed by atoms with Crippen molar-refractivity contribution in [3.63, 3.8) is 0 Å². The Labute approximate surface area is 127 Å². The van der Waals surface area contributed by atoms with Crippen molar-refractivity contribution in [3.05, 3.63) is 59.2 Å². The zero-order valence-electron chi connectivity index (χ0n) is 11.6. The summed E-state index contributed by atoms with van der Waals surface area (Å²) in [7, 11) is -3.60. The van der Waals surface area contributed by atoms with Crippen LogP contribution in [-0.4, -0.2) is 17.4 Å². The van der Waals surface area contributed by atoms with Crippen molar-refractivity contribution in [2.45, 2.75) is 18.7 Å². The Morgan fingerprint density at radius 3 is 2.43 bits per heavy atom. The molecule has 2 aromatic heterocycles. The molecule has 21 heavy (non-hydrogen) atoms. The predicted octanol–water partition coefficient (Wildman–Crippen LogP) is 3.47. The summed E-state index contributed by atoms with van der Waals surface area (Å²) in [6, 6.07) is 10.3. The molecule has 4 nitrogen and oxygen atoms in total. The lowest BCUT2D eigenvalue weighted by Crippen LogP contribution is -2.13. The van der Waals surface area contributed by atoms with Crippen LogP contribution in [0.3, 0.4) is 0 Å². The fourth-order valence-electron chi connectivity index (χ4n) is 2.04. The first-order valence-electron chi connectivity index (χ1n) is 6.41. The summed E-state index contributed by atoms with van der Waals surface area (Å²) >= 11 is 1.48. The largest absolute Gasteiger partial charge is 0.268 e. The SMILES string of the molecule is Cc1ccc(S(=O)(=O)n2cccc2-c2ncc(C)s2)cc1. The van der Waals surface area contributed by atoms with Crippen molar-refractivity contribution in [1.29, 1.82) is 0 Å². The van der Waals surface area contributed by atoms with Crippen molar-refractivity contribution in [2.24, 2.45) is 0 Å². The average molecular weight is 318 g/mol. The highest BCUT2D eigenvalue weighted by molar-refractivity contribution is 7.90. The smallest absolute Gasteiger partial charge is 0.243 e. The molecule has 0 bridgehead atoms. The summed E-state index contributed by atoms with van der Waals surface area (Å²) < 4.78 is 26.8. The van der Waals surface area contributed by atoms with E-state index in [1.807, 2.05) is 13.8 Å². The molecule has 1 aromatic carbocycles. The Kier molecular flexibility index (Phi) is 3.43. The maximum Gasteiger partial charge on any atom is 0.268 e. The second-order valence-corrected chi connectivity index (χ2v) is 7.83. The molecule has 0 fully saturated rings. The van der Waals surface area contributed by atoms with Gasteiger partial charge in [-0.3, -0.25) is 0 Å². The Hall–Kier alpha value is -1.92. The van der Waals surface area contributed by atoms with Gasteiger partial charge in [0.05, 0.1) is 10.6 Å². The molecule has 3 rings (SSSR count). The van der Waals surface area contributed by atoms with Gasteiger partial charge in [-0.25, -0.2) is 17.4 Å². The standard InChI is InChI=1S/C15H14N2O2S2/c1-11-5-7-13(8-6-11)21(18,19)17-9-3-4-14(17)15-16-10-12(2)20-15/h3-10H,1-2H3. The van der Waals surface area contributed by atoms with Crippen molar-refractivity contribution < 1.29 is 8.42 Å². The third kappa shape index (κ3) is 2.52. The van der Waals surface area contributed by atoms with Crippen molar-refractivity contribution in [2.75, 3.05) is 0 Å². The molecule has 0 amide bonds. The molecule has 0 aliphatic rings. The Bertz CT molecular complexity index is 875. The van der Waals surface area contributed by atoms with Gasteiger partial charge in [-0.05, 0) is 38.1 Å². The van der Waals surface area contributed by atoms with Crippen LogP contribution in [-0.2, 0) is 10.0 Å². The molecule has 108 valence electrons. The summed E-state index contributed by atoms with van der Waals surface area (Å²) in [5, 5.41) is 0.702. The number of rotatable bonds is 3. The molecule has 0 radical (unpaired) electrons. The molecular weight excluding hydrogens is 304 g/mol. The zero-order valence-corrected chi connectivity index (χ0v) is 13.3. The second-order valence-electron chi connectivity index (χ2n) is 4.78. The van der Waals surface area contributed by atoms with Gasteiger partial charge in [-0.1, -0.05) is 17.7 Å². The van der Waals surface area contributed by atoms with Crippen LogP contribution in [0, 0.1) is 13.8 Å². The van der Waals surface area contributed by atoms with Gasteiger partial charge in [-0.2, -0.15) is 0 Å². The van der Waals surface area contributed by atoms with E-state index in [9.17, 15) is 8.42 Å². The van der Waals surface area contributed by atoms with E-state index < -0.39 is 10.0 Å². The topological polar surface area (TPSA) is 52.0 Å². The molecule has 0 saturated heterocycles. The van der Waals surface area contributed by atoms with Gasteiger partial charge in [0.1, 0.15) is 5.01 Å². The Morgan fingerprint density at radius 1 is 1.10 bits per heavy atom. The fraction of sp³-hybridized carbons (Fsp3) is 0.133. The Morgan fingerprint density at radius 2 is 1.81 bits per heavy atom. The van der Waals surface area contributed by atoms with Gasteiger partial charge in [0.25, 0.3) is 10.0 Å². The van der Waals surface area contributed by atoms with Gasteiger partial charge < -0.3 is 0 Å². The third-order valence-corrected chi connectivity index (χ3v) is 5.77. The molecule has 2 heterocycles. The van der Waals surface area contributed by atoms with Crippen molar-refractivity contribution in [3.8, 4) is 10.7 Å². The van der Waals surface area contributed by atoms with E-state index >= 15 is 0 Å². The molecule has 3 aromatic rings. The summed E-state index contributed by atoms with van der Waals surface area (Å²) in [5.74, 6) is 0. The number of nitrogens with zero attached hydrogens (tertiary/aromatic N) is 2. The lowest BCUT2D eigenvalue weighted by Gasteiger charge is -2.09. The molecule has 0 spiro atoms. The minimum absolute atomic E-state index is 0.277. The molecule has 0 unspecified atom stereocenters. The highest BCUT2D eigenvalue weighted by Gasteiger charge is 2.21. The maximum atomic E-state index is 12.7. The van der Waals surface area contributed by atoms with Crippen LogP contribution < -0.4 is 0 Å². The van der Waals surface area contributed by atoms with E-state index in [0.717, 1.165) is 10.4 Å². The summed E-state index contributed by atoms with van der Waals surface area (Å²) in [5.41, 5.74) is 1.62. The zero-order chi connectivity index (χ0) is 15.0. The molecule has 0 aliphatic carbocycles. The van der Waals surface area contributed by atoms with Crippen LogP contribution in [0.2, 0.25) is 0 Å². The molecule has 0 N–H and O–H groups in total. The lowest BCUT2D eigenvalue weighted by molar-refractivity contribution is 0.588. The van der Waals surface area contributed by atoms with Crippen molar-refractivity contribution in [1.82, 2.24) is 8.96 Å². The minimum atomic E-state index is -3.60. The first-order chi connectivity index (χ1) is 9.98. The number of aryl methyl sites for hydroxylation is 2. The van der Waals surface area contributed by atoms with Crippen LogP contribution >= 0.6 is 11.3 Å². The lowest BCUT2D eigenvalue weighted by atomic mass is 10.2. The molecular formula is C15H14N2O2S2. The van der Waals surface area contributed by atoms with E-state index in [4.69, 9.17) is 0 Å². The summed E-state index contributed by atoms with van der Waals surface area (Å²) in [6.45, 7) is 3.87. The average Bonchev–Trinajstić information content (AvgIpc) is 3.07. The van der Waals surface area contributed by atoms with Gasteiger partial charge in [-0.15, -0.1) is 11.3 Å². The van der Waals surface area contributed by atoms with Crippen LogP contribution in [0.4, 0.5) is 0 Å². The van der Waals surface area contributed by atoms with E-state index in [0.29, 0.717) is 10.7 Å². The van der Waals surface area contributed by atoms with E-state index in [2.05, 4.69) is 4.98 Å². The van der Waals surface area contributed by atoms with Gasteiger partial charge in [0.15, 0.2) is 0 Å². The van der Waals surface area contributed by atoms with Gasteiger partial charge >= 0.3 is 0 Å². The highest BCUT2D eigenvalue weighted by atomic mass is 32.2. The van der Waals surface area contributed by atoms with Gasteiger partial charge in [0.2, 0.25) is 0 Å². The fourth-order valence-corrected chi connectivity index (χ4v) is 4.23. The maximum absolute atomic E-state index is 12.7. The van der Waals surface area contributed by atoms with Gasteiger partial charge in [0, 0.05) is 17.3 Å². The molecule has 0 saturated carbocycles. The minimum Gasteiger partial charge on any atom is -0.243 e. The normalized spacial score (nSPS) is 11.7. The number of aromatic nitrogens is 2. The van der Waals surface area contributed by atoms with E-state index in [-0.39, 0.29) is 4.90 Å². The molecule has 6 heteroatoms. The van der Waals surface area contributed by atoms with E-state index in [1.165, 1.54) is 15.3 Å². The summed E-state index contributed by atoms with van der Waals surface area (Å²) in [6.07, 6.45) is 3.30. The second kappa shape index (κ2) is 5.13.